The van der Waals surface area contributed by atoms with Crippen LogP contribution in [0.1, 0.15) is 25.7 Å². The molecule has 2 amide bonds. The maximum absolute atomic E-state index is 11.5. The molecule has 4 N–H and O–H groups in total. The number of primary amides is 1. The zero-order valence-corrected chi connectivity index (χ0v) is 8.94. The summed E-state index contributed by atoms with van der Waals surface area (Å²) < 4.78 is 0. The average Bonchev–Trinajstić information content (AvgIpc) is 2.26. The summed E-state index contributed by atoms with van der Waals surface area (Å²) in [7, 11) is 0. The Labute approximate surface area is 93.2 Å². The van der Waals surface area contributed by atoms with E-state index in [9.17, 15) is 14.4 Å². The molecule has 0 atom stereocenters. The van der Waals surface area contributed by atoms with Crippen molar-refractivity contribution in [2.75, 3.05) is 6.54 Å². The second kappa shape index (κ2) is 5.48. The van der Waals surface area contributed by atoms with Crippen molar-refractivity contribution < 1.29 is 19.5 Å². The van der Waals surface area contributed by atoms with Crippen LogP contribution in [0.4, 0.5) is 0 Å². The topological polar surface area (TPSA) is 109 Å². The molecule has 90 valence electrons. The van der Waals surface area contributed by atoms with Gasteiger partial charge < -0.3 is 16.2 Å². The molecule has 0 unspecified atom stereocenters. The highest BCUT2D eigenvalue weighted by atomic mass is 16.4. The minimum Gasteiger partial charge on any atom is -0.481 e. The highest BCUT2D eigenvalue weighted by Crippen LogP contribution is 2.28. The van der Waals surface area contributed by atoms with Crippen LogP contribution < -0.4 is 11.1 Å². The first-order valence-corrected chi connectivity index (χ1v) is 5.29. The largest absolute Gasteiger partial charge is 0.481 e. The molecule has 0 aromatic rings. The Bertz CT molecular complexity index is 295. The summed E-state index contributed by atoms with van der Waals surface area (Å²) in [6.07, 6.45) is 2.15. The van der Waals surface area contributed by atoms with Crippen molar-refractivity contribution in [2.45, 2.75) is 25.7 Å². The number of rotatable bonds is 4. The molecule has 1 aliphatic carbocycles. The number of carbonyl (C=O) groups is 3. The molecule has 0 radical (unpaired) electrons. The van der Waals surface area contributed by atoms with Crippen LogP contribution in [0.15, 0.2) is 0 Å². The standard InChI is InChI=1S/C10H16N2O4/c11-8(13)5-12-9(14)6-1-3-7(4-2-6)10(15)16/h6-7H,1-5H2,(H2,11,13)(H,12,14)(H,15,16). The van der Waals surface area contributed by atoms with Gasteiger partial charge in [0.15, 0.2) is 0 Å². The lowest BCUT2D eigenvalue weighted by Gasteiger charge is -2.24. The number of aliphatic carboxylic acids is 1. The van der Waals surface area contributed by atoms with E-state index in [1.807, 2.05) is 0 Å². The van der Waals surface area contributed by atoms with Gasteiger partial charge in [-0.05, 0) is 25.7 Å². The Hall–Kier alpha value is -1.59. The van der Waals surface area contributed by atoms with E-state index < -0.39 is 11.9 Å². The van der Waals surface area contributed by atoms with Crippen molar-refractivity contribution in [2.24, 2.45) is 17.6 Å². The van der Waals surface area contributed by atoms with Gasteiger partial charge in [0, 0.05) is 5.92 Å². The van der Waals surface area contributed by atoms with E-state index in [1.54, 1.807) is 0 Å². The summed E-state index contributed by atoms with van der Waals surface area (Å²) in [6, 6.07) is 0. The van der Waals surface area contributed by atoms with E-state index in [0.717, 1.165) is 0 Å². The van der Waals surface area contributed by atoms with Crippen molar-refractivity contribution in [3.8, 4) is 0 Å². The van der Waals surface area contributed by atoms with Gasteiger partial charge in [0.25, 0.3) is 0 Å². The fourth-order valence-electron chi connectivity index (χ4n) is 1.92. The van der Waals surface area contributed by atoms with Gasteiger partial charge in [0.2, 0.25) is 11.8 Å². The van der Waals surface area contributed by atoms with E-state index in [0.29, 0.717) is 25.7 Å². The van der Waals surface area contributed by atoms with Crippen molar-refractivity contribution in [1.82, 2.24) is 5.32 Å². The SMILES string of the molecule is NC(=O)CNC(=O)C1CCC(C(=O)O)CC1. The number of nitrogens with one attached hydrogen (secondary N) is 1. The van der Waals surface area contributed by atoms with E-state index in [1.165, 1.54) is 0 Å². The Morgan fingerprint density at radius 3 is 2.06 bits per heavy atom. The first-order valence-electron chi connectivity index (χ1n) is 5.29. The molecule has 0 bridgehead atoms. The fourth-order valence-corrected chi connectivity index (χ4v) is 1.92. The predicted octanol–water partition coefficient (Wildman–Crippen LogP) is -0.521. The number of hydrogen-bond acceptors (Lipinski definition) is 3. The number of carboxylic acids is 1. The maximum atomic E-state index is 11.5. The number of carbonyl (C=O) groups excluding carboxylic acids is 2. The van der Waals surface area contributed by atoms with Gasteiger partial charge in [0.05, 0.1) is 12.5 Å². The third-order valence-electron chi connectivity index (χ3n) is 2.88. The van der Waals surface area contributed by atoms with E-state index in [2.05, 4.69) is 5.32 Å². The molecule has 0 spiro atoms. The second-order valence-electron chi connectivity index (χ2n) is 4.07. The Balaban J connectivity index is 2.33. The molecule has 1 rings (SSSR count). The normalized spacial score (nSPS) is 24.8. The Morgan fingerprint density at radius 2 is 1.62 bits per heavy atom. The average molecular weight is 228 g/mol. The number of nitrogens with two attached hydrogens (primary N) is 1. The van der Waals surface area contributed by atoms with Crippen LogP contribution in [-0.2, 0) is 14.4 Å². The fraction of sp³-hybridized carbons (Fsp3) is 0.700. The summed E-state index contributed by atoms with van der Waals surface area (Å²) >= 11 is 0. The molecule has 0 aromatic heterocycles. The van der Waals surface area contributed by atoms with Crippen molar-refractivity contribution >= 4 is 17.8 Å². The molecule has 0 heterocycles. The van der Waals surface area contributed by atoms with Gasteiger partial charge in [-0.2, -0.15) is 0 Å². The first kappa shape index (κ1) is 12.5. The van der Waals surface area contributed by atoms with Gasteiger partial charge in [0.1, 0.15) is 0 Å². The first-order chi connectivity index (χ1) is 7.50. The minimum absolute atomic E-state index is 0.155. The molecular formula is C10H16N2O4. The predicted molar refractivity (Wildman–Crippen MR) is 55.3 cm³/mol. The summed E-state index contributed by atoms with van der Waals surface area (Å²) in [5.41, 5.74) is 4.90. The summed E-state index contributed by atoms with van der Waals surface area (Å²) in [5.74, 6) is -2.10. The van der Waals surface area contributed by atoms with Crippen LogP contribution in [-0.4, -0.2) is 29.4 Å². The molecule has 0 saturated heterocycles. The minimum atomic E-state index is -0.795. The maximum Gasteiger partial charge on any atom is 0.306 e. The molecule has 0 aromatic carbocycles. The summed E-state index contributed by atoms with van der Waals surface area (Å²) in [6.45, 7) is -0.155. The van der Waals surface area contributed by atoms with Crippen molar-refractivity contribution in [3.63, 3.8) is 0 Å². The van der Waals surface area contributed by atoms with Crippen LogP contribution in [0.5, 0.6) is 0 Å². The number of amides is 2. The molecule has 6 nitrogen and oxygen atoms in total. The van der Waals surface area contributed by atoms with E-state index in [4.69, 9.17) is 10.8 Å². The molecular weight excluding hydrogens is 212 g/mol. The molecule has 1 saturated carbocycles. The molecule has 1 aliphatic rings. The molecule has 6 heteroatoms. The zero-order chi connectivity index (χ0) is 12.1. The van der Waals surface area contributed by atoms with Gasteiger partial charge in [-0.25, -0.2) is 0 Å². The van der Waals surface area contributed by atoms with Gasteiger partial charge in [-0.15, -0.1) is 0 Å². The summed E-state index contributed by atoms with van der Waals surface area (Å²) in [5, 5.41) is 11.2. The molecule has 1 fully saturated rings. The smallest absolute Gasteiger partial charge is 0.306 e. The lowest BCUT2D eigenvalue weighted by Crippen LogP contribution is -2.38. The van der Waals surface area contributed by atoms with Crippen LogP contribution in [0, 0.1) is 11.8 Å². The molecule has 16 heavy (non-hydrogen) atoms. The number of hydrogen-bond donors (Lipinski definition) is 3. The molecule has 0 aliphatic heterocycles. The van der Waals surface area contributed by atoms with E-state index >= 15 is 0 Å². The quantitative estimate of drug-likeness (QED) is 0.601. The highest BCUT2D eigenvalue weighted by Gasteiger charge is 2.29. The number of carboxylic acid groups (broad SMARTS) is 1. The zero-order valence-electron chi connectivity index (χ0n) is 8.94. The van der Waals surface area contributed by atoms with Crippen molar-refractivity contribution in [3.05, 3.63) is 0 Å². The Morgan fingerprint density at radius 1 is 1.12 bits per heavy atom. The lowest BCUT2D eigenvalue weighted by molar-refractivity contribution is -0.144. The Kier molecular flexibility index (Phi) is 4.28. The van der Waals surface area contributed by atoms with Crippen LogP contribution in [0.3, 0.4) is 0 Å². The van der Waals surface area contributed by atoms with Gasteiger partial charge in [-0.1, -0.05) is 0 Å². The third-order valence-corrected chi connectivity index (χ3v) is 2.88. The van der Waals surface area contributed by atoms with Crippen LogP contribution >= 0.6 is 0 Å². The van der Waals surface area contributed by atoms with Crippen LogP contribution in [0.25, 0.3) is 0 Å². The van der Waals surface area contributed by atoms with E-state index in [-0.39, 0.29) is 24.3 Å². The summed E-state index contributed by atoms with van der Waals surface area (Å²) in [4.78, 5) is 32.7. The van der Waals surface area contributed by atoms with Gasteiger partial charge in [-0.3, -0.25) is 14.4 Å². The van der Waals surface area contributed by atoms with Crippen LogP contribution in [0.2, 0.25) is 0 Å². The van der Waals surface area contributed by atoms with Crippen molar-refractivity contribution in [1.29, 1.82) is 0 Å². The highest BCUT2D eigenvalue weighted by molar-refractivity contribution is 5.85. The monoisotopic (exact) mass is 228 g/mol. The third kappa shape index (κ3) is 3.52. The van der Waals surface area contributed by atoms with Gasteiger partial charge >= 0.3 is 5.97 Å². The lowest BCUT2D eigenvalue weighted by atomic mass is 9.81. The second-order valence-corrected chi connectivity index (χ2v) is 4.07.